The summed E-state index contributed by atoms with van der Waals surface area (Å²) < 4.78 is 7.22. The average Bonchev–Trinajstić information content (AvgIpc) is 3.06. The fourth-order valence-corrected chi connectivity index (χ4v) is 3.83. The minimum absolute atomic E-state index is 0.0450. The predicted molar refractivity (Wildman–Crippen MR) is 98.1 cm³/mol. The summed E-state index contributed by atoms with van der Waals surface area (Å²) in [7, 11) is 0. The highest BCUT2D eigenvalue weighted by Gasteiger charge is 2.19. The van der Waals surface area contributed by atoms with Crippen LogP contribution < -0.4 is 5.56 Å². The Balaban J connectivity index is 1.28. The maximum Gasteiger partial charge on any atom is 0.267 e. The first-order valence-corrected chi connectivity index (χ1v) is 9.63. The maximum atomic E-state index is 12.3. The highest BCUT2D eigenvalue weighted by molar-refractivity contribution is 5.20. The Morgan fingerprint density at radius 3 is 2.62 bits per heavy atom. The van der Waals surface area contributed by atoms with Crippen molar-refractivity contribution in [2.24, 2.45) is 0 Å². The van der Waals surface area contributed by atoms with Gasteiger partial charge in [-0.25, -0.2) is 9.67 Å². The standard InChI is InChI=1S/C19H27N5O2/c1-15-13-20-18(26-15)14-23-8-6-22(7-9-23)10-11-24-19(25)12-16-4-2-3-5-17(16)21-24/h12-13H,2-11,14H2,1H3. The number of nitrogens with zero attached hydrogens (tertiary/aromatic N) is 5. The Hall–Kier alpha value is -1.99. The Morgan fingerprint density at radius 1 is 1.08 bits per heavy atom. The van der Waals surface area contributed by atoms with Gasteiger partial charge in [-0.3, -0.25) is 14.6 Å². The third kappa shape index (κ3) is 4.04. The second-order valence-electron chi connectivity index (χ2n) is 7.37. The third-order valence-corrected chi connectivity index (χ3v) is 5.39. The Kier molecular flexibility index (Phi) is 5.17. The second-order valence-corrected chi connectivity index (χ2v) is 7.37. The van der Waals surface area contributed by atoms with E-state index in [9.17, 15) is 4.79 Å². The summed E-state index contributed by atoms with van der Waals surface area (Å²) in [6, 6.07) is 1.80. The zero-order valence-electron chi connectivity index (χ0n) is 15.5. The molecule has 0 atom stereocenters. The van der Waals surface area contributed by atoms with Crippen LogP contribution >= 0.6 is 0 Å². The van der Waals surface area contributed by atoms with E-state index in [1.54, 1.807) is 16.9 Å². The predicted octanol–water partition coefficient (Wildman–Crippen LogP) is 1.24. The molecule has 26 heavy (non-hydrogen) atoms. The number of aryl methyl sites for hydroxylation is 3. The van der Waals surface area contributed by atoms with E-state index in [2.05, 4.69) is 19.9 Å². The maximum absolute atomic E-state index is 12.3. The van der Waals surface area contributed by atoms with Crippen LogP contribution in [-0.4, -0.2) is 57.3 Å². The van der Waals surface area contributed by atoms with Gasteiger partial charge in [-0.2, -0.15) is 5.10 Å². The van der Waals surface area contributed by atoms with Crippen molar-refractivity contribution in [3.05, 3.63) is 45.5 Å². The normalized spacial score (nSPS) is 18.8. The van der Waals surface area contributed by atoms with Gasteiger partial charge in [0.15, 0.2) is 0 Å². The van der Waals surface area contributed by atoms with Gasteiger partial charge in [-0.15, -0.1) is 0 Å². The average molecular weight is 357 g/mol. The molecule has 1 saturated heterocycles. The third-order valence-electron chi connectivity index (χ3n) is 5.39. The zero-order valence-corrected chi connectivity index (χ0v) is 15.5. The topological polar surface area (TPSA) is 67.4 Å². The molecule has 0 spiro atoms. The molecule has 1 fully saturated rings. The number of piperazine rings is 1. The van der Waals surface area contributed by atoms with Crippen LogP contribution in [0.15, 0.2) is 21.5 Å². The van der Waals surface area contributed by atoms with E-state index in [0.717, 1.165) is 75.0 Å². The van der Waals surface area contributed by atoms with Crippen molar-refractivity contribution >= 4 is 0 Å². The highest BCUT2D eigenvalue weighted by atomic mass is 16.4. The molecule has 3 heterocycles. The molecule has 0 unspecified atom stereocenters. The van der Waals surface area contributed by atoms with Crippen molar-refractivity contribution in [2.45, 2.75) is 45.7 Å². The lowest BCUT2D eigenvalue weighted by Crippen LogP contribution is -2.47. The van der Waals surface area contributed by atoms with Crippen molar-refractivity contribution in [1.82, 2.24) is 24.6 Å². The van der Waals surface area contributed by atoms with Crippen LogP contribution in [0, 0.1) is 6.92 Å². The molecule has 0 bridgehead atoms. The van der Waals surface area contributed by atoms with Crippen LogP contribution in [-0.2, 0) is 25.9 Å². The van der Waals surface area contributed by atoms with Crippen molar-refractivity contribution in [3.63, 3.8) is 0 Å². The Morgan fingerprint density at radius 2 is 1.85 bits per heavy atom. The van der Waals surface area contributed by atoms with Crippen LogP contribution in [0.4, 0.5) is 0 Å². The smallest absolute Gasteiger partial charge is 0.267 e. The van der Waals surface area contributed by atoms with E-state index in [1.165, 1.54) is 12.8 Å². The molecule has 2 aromatic rings. The first-order valence-electron chi connectivity index (χ1n) is 9.63. The SMILES string of the molecule is Cc1cnc(CN2CCN(CCn3nc4c(cc3=O)CCCC4)CC2)o1. The lowest BCUT2D eigenvalue weighted by molar-refractivity contribution is 0.115. The van der Waals surface area contributed by atoms with Gasteiger partial charge in [0.25, 0.3) is 5.56 Å². The molecule has 7 nitrogen and oxygen atoms in total. The van der Waals surface area contributed by atoms with Gasteiger partial charge in [0.2, 0.25) is 5.89 Å². The molecule has 2 aromatic heterocycles. The molecule has 0 radical (unpaired) electrons. The molecular weight excluding hydrogens is 330 g/mol. The summed E-state index contributed by atoms with van der Waals surface area (Å²) >= 11 is 0. The summed E-state index contributed by atoms with van der Waals surface area (Å²) in [5.41, 5.74) is 2.33. The fraction of sp³-hybridized carbons (Fsp3) is 0.632. The molecule has 0 amide bonds. The molecule has 2 aliphatic rings. The molecular formula is C19H27N5O2. The quantitative estimate of drug-likeness (QED) is 0.802. The summed E-state index contributed by atoms with van der Waals surface area (Å²) in [6.45, 7) is 8.22. The van der Waals surface area contributed by atoms with E-state index in [-0.39, 0.29) is 5.56 Å². The second kappa shape index (κ2) is 7.72. The number of hydrogen-bond donors (Lipinski definition) is 0. The van der Waals surface area contributed by atoms with E-state index in [0.29, 0.717) is 6.54 Å². The largest absolute Gasteiger partial charge is 0.445 e. The molecule has 7 heteroatoms. The van der Waals surface area contributed by atoms with Gasteiger partial charge in [-0.1, -0.05) is 0 Å². The number of aromatic nitrogens is 3. The van der Waals surface area contributed by atoms with E-state index in [4.69, 9.17) is 4.42 Å². The molecule has 0 saturated carbocycles. The van der Waals surface area contributed by atoms with Crippen molar-refractivity contribution in [3.8, 4) is 0 Å². The van der Waals surface area contributed by atoms with Crippen LogP contribution in [0.5, 0.6) is 0 Å². The van der Waals surface area contributed by atoms with Gasteiger partial charge >= 0.3 is 0 Å². The van der Waals surface area contributed by atoms with Crippen LogP contribution in [0.1, 0.15) is 35.7 Å². The number of fused-ring (bicyclic) bond motifs is 1. The first-order chi connectivity index (χ1) is 12.7. The lowest BCUT2D eigenvalue weighted by atomic mass is 9.97. The van der Waals surface area contributed by atoms with E-state index >= 15 is 0 Å². The molecule has 0 aromatic carbocycles. The molecule has 140 valence electrons. The van der Waals surface area contributed by atoms with Gasteiger partial charge in [0.05, 0.1) is 25.0 Å². The first kappa shape index (κ1) is 17.4. The summed E-state index contributed by atoms with van der Waals surface area (Å²) in [6.07, 6.45) is 6.15. The van der Waals surface area contributed by atoms with Gasteiger partial charge < -0.3 is 4.42 Å². The van der Waals surface area contributed by atoms with E-state index < -0.39 is 0 Å². The van der Waals surface area contributed by atoms with Gasteiger partial charge in [-0.05, 0) is 38.2 Å². The molecule has 0 N–H and O–H groups in total. The van der Waals surface area contributed by atoms with Crippen molar-refractivity contribution < 1.29 is 4.42 Å². The van der Waals surface area contributed by atoms with Crippen molar-refractivity contribution in [2.75, 3.05) is 32.7 Å². The summed E-state index contributed by atoms with van der Waals surface area (Å²) in [5.74, 6) is 1.65. The van der Waals surface area contributed by atoms with Crippen molar-refractivity contribution in [1.29, 1.82) is 0 Å². The number of oxazole rings is 1. The minimum atomic E-state index is 0.0450. The van der Waals surface area contributed by atoms with E-state index in [1.807, 2.05) is 6.92 Å². The minimum Gasteiger partial charge on any atom is -0.445 e. The van der Waals surface area contributed by atoms with Crippen LogP contribution in [0.25, 0.3) is 0 Å². The molecule has 1 aliphatic carbocycles. The Labute approximate surface area is 153 Å². The summed E-state index contributed by atoms with van der Waals surface area (Å²) in [5, 5.41) is 4.62. The zero-order chi connectivity index (χ0) is 17.9. The number of hydrogen-bond acceptors (Lipinski definition) is 6. The van der Waals surface area contributed by atoms with Gasteiger partial charge in [0, 0.05) is 38.8 Å². The highest BCUT2D eigenvalue weighted by Crippen LogP contribution is 2.17. The number of rotatable bonds is 5. The fourth-order valence-electron chi connectivity index (χ4n) is 3.83. The Bertz CT molecular complexity index is 805. The monoisotopic (exact) mass is 357 g/mol. The van der Waals surface area contributed by atoms with Crippen LogP contribution in [0.3, 0.4) is 0 Å². The molecule has 4 rings (SSSR count). The lowest BCUT2D eigenvalue weighted by Gasteiger charge is -2.34. The molecule has 1 aliphatic heterocycles. The van der Waals surface area contributed by atoms with Crippen LogP contribution in [0.2, 0.25) is 0 Å². The summed E-state index contributed by atoms with van der Waals surface area (Å²) in [4.78, 5) is 21.3. The van der Waals surface area contributed by atoms with Gasteiger partial charge in [0.1, 0.15) is 5.76 Å².